The molecule has 0 radical (unpaired) electrons. The number of methoxy groups -OCH3 is 1. The number of nitrogens with zero attached hydrogens (tertiary/aromatic N) is 1. The monoisotopic (exact) mass is 329 g/mol. The molecular weight excluding hydrogens is 310 g/mol. The fourth-order valence-electron chi connectivity index (χ4n) is 2.35. The molecule has 1 amide bonds. The first-order valence-corrected chi connectivity index (χ1v) is 7.33. The number of nitro benzene ring substituents is 1. The number of nitrogens with one attached hydrogen (secondary N) is 2. The molecule has 0 atom stereocenters. The molecule has 7 heteroatoms. The molecule has 0 aromatic heterocycles. The summed E-state index contributed by atoms with van der Waals surface area (Å²) in [4.78, 5) is 22.6. The smallest absolute Gasteiger partial charge is 0.296 e. The Balaban J connectivity index is 2.05. The Hall–Kier alpha value is -3.09. The molecule has 0 spiro atoms. The van der Waals surface area contributed by atoms with Crippen molar-refractivity contribution in [3.63, 3.8) is 0 Å². The fraction of sp³-hybridized carbons (Fsp3) is 0.235. The zero-order chi connectivity index (χ0) is 17.7. The van der Waals surface area contributed by atoms with E-state index in [1.807, 2.05) is 32.0 Å². The van der Waals surface area contributed by atoms with Crippen LogP contribution in [0.3, 0.4) is 0 Å². The lowest BCUT2D eigenvalue weighted by atomic mass is 10.1. The molecule has 0 unspecified atom stereocenters. The summed E-state index contributed by atoms with van der Waals surface area (Å²) in [5.74, 6) is -0.0181. The van der Waals surface area contributed by atoms with Crippen LogP contribution in [-0.2, 0) is 4.79 Å². The summed E-state index contributed by atoms with van der Waals surface area (Å²) >= 11 is 0. The number of carbonyl (C=O) groups is 1. The molecule has 126 valence electrons. The zero-order valence-corrected chi connectivity index (χ0v) is 13.8. The standard InChI is InChI=1S/C17H19N3O4/c1-11-6-12(2)8-13(7-11)18-10-17(21)19-15-5-4-14(24-3)9-16(15)20(22)23/h4-9,18H,10H2,1-3H3,(H,19,21). The van der Waals surface area contributed by atoms with Crippen molar-refractivity contribution in [1.82, 2.24) is 0 Å². The van der Waals surface area contributed by atoms with Crippen molar-refractivity contribution in [2.45, 2.75) is 13.8 Å². The lowest BCUT2D eigenvalue weighted by Crippen LogP contribution is -2.22. The maximum Gasteiger partial charge on any atom is 0.296 e. The molecule has 0 heterocycles. The molecule has 0 saturated carbocycles. The van der Waals surface area contributed by atoms with Gasteiger partial charge in [-0.1, -0.05) is 6.07 Å². The van der Waals surface area contributed by atoms with Crippen LogP contribution in [0.5, 0.6) is 5.75 Å². The molecule has 2 rings (SSSR count). The van der Waals surface area contributed by atoms with Crippen LogP contribution in [0.2, 0.25) is 0 Å². The molecule has 0 aliphatic carbocycles. The molecular formula is C17H19N3O4. The summed E-state index contributed by atoms with van der Waals surface area (Å²) in [6, 6.07) is 10.2. The zero-order valence-electron chi connectivity index (χ0n) is 13.8. The van der Waals surface area contributed by atoms with Gasteiger partial charge in [-0.25, -0.2) is 0 Å². The Bertz CT molecular complexity index is 754. The Kier molecular flexibility index (Phi) is 5.36. The fourth-order valence-corrected chi connectivity index (χ4v) is 2.35. The van der Waals surface area contributed by atoms with E-state index in [-0.39, 0.29) is 23.8 Å². The maximum absolute atomic E-state index is 12.1. The number of amides is 1. The Morgan fingerprint density at radius 1 is 1.17 bits per heavy atom. The van der Waals surface area contributed by atoms with Crippen molar-refractivity contribution >= 4 is 23.0 Å². The number of carbonyl (C=O) groups excluding carboxylic acids is 1. The quantitative estimate of drug-likeness (QED) is 0.626. The van der Waals surface area contributed by atoms with E-state index < -0.39 is 4.92 Å². The largest absolute Gasteiger partial charge is 0.496 e. The van der Waals surface area contributed by atoms with Crippen LogP contribution >= 0.6 is 0 Å². The number of benzene rings is 2. The molecule has 0 saturated heterocycles. The van der Waals surface area contributed by atoms with E-state index in [9.17, 15) is 14.9 Å². The van der Waals surface area contributed by atoms with Crippen LogP contribution < -0.4 is 15.4 Å². The average Bonchev–Trinajstić information content (AvgIpc) is 2.52. The van der Waals surface area contributed by atoms with Crippen molar-refractivity contribution in [3.8, 4) is 5.75 Å². The first-order valence-electron chi connectivity index (χ1n) is 7.33. The summed E-state index contributed by atoms with van der Waals surface area (Å²) in [6.45, 7) is 3.95. The Morgan fingerprint density at radius 3 is 2.42 bits per heavy atom. The van der Waals surface area contributed by atoms with Crippen LogP contribution in [0.1, 0.15) is 11.1 Å². The lowest BCUT2D eigenvalue weighted by molar-refractivity contribution is -0.384. The van der Waals surface area contributed by atoms with Gasteiger partial charge in [-0.05, 0) is 49.2 Å². The van der Waals surface area contributed by atoms with Gasteiger partial charge in [-0.3, -0.25) is 14.9 Å². The van der Waals surface area contributed by atoms with E-state index in [0.717, 1.165) is 16.8 Å². The topological polar surface area (TPSA) is 93.5 Å². The highest BCUT2D eigenvalue weighted by Crippen LogP contribution is 2.28. The first-order chi connectivity index (χ1) is 11.4. The van der Waals surface area contributed by atoms with Gasteiger partial charge in [0.05, 0.1) is 24.6 Å². The van der Waals surface area contributed by atoms with Gasteiger partial charge < -0.3 is 15.4 Å². The van der Waals surface area contributed by atoms with Gasteiger partial charge in [0.1, 0.15) is 11.4 Å². The highest BCUT2D eigenvalue weighted by atomic mass is 16.6. The first kappa shape index (κ1) is 17.3. The normalized spacial score (nSPS) is 10.1. The van der Waals surface area contributed by atoms with Crippen molar-refractivity contribution < 1.29 is 14.5 Å². The highest BCUT2D eigenvalue weighted by Gasteiger charge is 2.17. The van der Waals surface area contributed by atoms with Crippen LogP contribution in [0.4, 0.5) is 17.1 Å². The minimum atomic E-state index is -0.560. The highest BCUT2D eigenvalue weighted by molar-refractivity contribution is 5.95. The molecule has 7 nitrogen and oxygen atoms in total. The van der Waals surface area contributed by atoms with E-state index in [2.05, 4.69) is 10.6 Å². The maximum atomic E-state index is 12.1. The number of rotatable bonds is 6. The van der Waals surface area contributed by atoms with Crippen LogP contribution in [0.25, 0.3) is 0 Å². The van der Waals surface area contributed by atoms with Gasteiger partial charge in [0.15, 0.2) is 0 Å². The van der Waals surface area contributed by atoms with E-state index in [1.54, 1.807) is 6.07 Å². The lowest BCUT2D eigenvalue weighted by Gasteiger charge is -2.10. The van der Waals surface area contributed by atoms with Crippen molar-refractivity contribution in [2.24, 2.45) is 0 Å². The second-order valence-electron chi connectivity index (χ2n) is 5.42. The summed E-state index contributed by atoms with van der Waals surface area (Å²) in [7, 11) is 1.42. The van der Waals surface area contributed by atoms with Gasteiger partial charge in [-0.2, -0.15) is 0 Å². The molecule has 2 aromatic carbocycles. The number of aryl methyl sites for hydroxylation is 2. The number of hydrogen-bond donors (Lipinski definition) is 2. The molecule has 2 N–H and O–H groups in total. The number of hydrogen-bond acceptors (Lipinski definition) is 5. The Morgan fingerprint density at radius 2 is 1.83 bits per heavy atom. The Labute approximate surface area is 139 Å². The minimum Gasteiger partial charge on any atom is -0.496 e. The molecule has 0 aliphatic rings. The summed E-state index contributed by atoms with van der Waals surface area (Å²) in [6.07, 6.45) is 0. The third-order valence-corrected chi connectivity index (χ3v) is 3.35. The molecule has 2 aromatic rings. The van der Waals surface area contributed by atoms with Crippen molar-refractivity contribution in [1.29, 1.82) is 0 Å². The number of anilines is 2. The summed E-state index contributed by atoms with van der Waals surface area (Å²) in [5, 5.41) is 16.7. The second-order valence-corrected chi connectivity index (χ2v) is 5.42. The van der Waals surface area contributed by atoms with Crippen molar-refractivity contribution in [3.05, 3.63) is 57.6 Å². The van der Waals surface area contributed by atoms with Gasteiger partial charge in [0.25, 0.3) is 5.69 Å². The molecule has 0 bridgehead atoms. The average molecular weight is 329 g/mol. The van der Waals surface area contributed by atoms with E-state index in [4.69, 9.17) is 4.74 Å². The van der Waals surface area contributed by atoms with E-state index >= 15 is 0 Å². The van der Waals surface area contributed by atoms with Gasteiger partial charge >= 0.3 is 0 Å². The van der Waals surface area contributed by atoms with Crippen molar-refractivity contribution in [2.75, 3.05) is 24.3 Å². The summed E-state index contributed by atoms with van der Waals surface area (Å²) < 4.78 is 4.96. The van der Waals surface area contributed by atoms with Crippen LogP contribution in [-0.4, -0.2) is 24.5 Å². The van der Waals surface area contributed by atoms with Gasteiger partial charge in [-0.15, -0.1) is 0 Å². The SMILES string of the molecule is COc1ccc(NC(=O)CNc2cc(C)cc(C)c2)c([N+](=O)[O-])c1. The second kappa shape index (κ2) is 7.45. The number of ether oxygens (including phenoxy) is 1. The predicted molar refractivity (Wildman–Crippen MR) is 92.7 cm³/mol. The third kappa shape index (κ3) is 4.45. The molecule has 0 fully saturated rings. The van der Waals surface area contributed by atoms with Crippen LogP contribution in [0.15, 0.2) is 36.4 Å². The van der Waals surface area contributed by atoms with Crippen LogP contribution in [0, 0.1) is 24.0 Å². The molecule has 0 aliphatic heterocycles. The van der Waals surface area contributed by atoms with Gasteiger partial charge in [0.2, 0.25) is 5.91 Å². The van der Waals surface area contributed by atoms with E-state index in [0.29, 0.717) is 5.75 Å². The third-order valence-electron chi connectivity index (χ3n) is 3.35. The van der Waals surface area contributed by atoms with E-state index in [1.165, 1.54) is 19.2 Å². The minimum absolute atomic E-state index is 0.00603. The summed E-state index contributed by atoms with van der Waals surface area (Å²) in [5.41, 5.74) is 2.92. The van der Waals surface area contributed by atoms with Gasteiger partial charge in [0, 0.05) is 5.69 Å². The predicted octanol–water partition coefficient (Wildman–Crippen LogP) is 3.27. The number of nitro groups is 1. The molecule has 24 heavy (non-hydrogen) atoms.